The van der Waals surface area contributed by atoms with Gasteiger partial charge in [-0.15, -0.1) is 6.58 Å². The highest BCUT2D eigenvalue weighted by atomic mass is 16.5. The van der Waals surface area contributed by atoms with Gasteiger partial charge in [0.1, 0.15) is 11.3 Å². The molecule has 0 aliphatic rings. The van der Waals surface area contributed by atoms with Crippen LogP contribution in [0.3, 0.4) is 0 Å². The molecule has 0 amide bonds. The summed E-state index contributed by atoms with van der Waals surface area (Å²) >= 11 is 0. The van der Waals surface area contributed by atoms with Gasteiger partial charge in [0.2, 0.25) is 0 Å². The number of nitrogens with zero attached hydrogens (tertiary/aromatic N) is 2. The van der Waals surface area contributed by atoms with Crippen LogP contribution >= 0.6 is 0 Å². The summed E-state index contributed by atoms with van der Waals surface area (Å²) in [5.74, 6) is -0.990. The smallest absolute Gasteiger partial charge is 0.339 e. The second kappa shape index (κ2) is 4.57. The van der Waals surface area contributed by atoms with Gasteiger partial charge in [-0.3, -0.25) is 4.68 Å². The minimum Gasteiger partial charge on any atom is -0.478 e. The number of aryl methyl sites for hydroxylation is 1. The first-order chi connectivity index (χ1) is 6.65. The highest BCUT2D eigenvalue weighted by Crippen LogP contribution is 2.07. The van der Waals surface area contributed by atoms with Crippen molar-refractivity contribution in [2.45, 2.75) is 6.61 Å². The Kier molecular flexibility index (Phi) is 3.41. The van der Waals surface area contributed by atoms with Gasteiger partial charge in [0.15, 0.2) is 0 Å². The molecule has 5 nitrogen and oxygen atoms in total. The number of hydrogen-bond acceptors (Lipinski definition) is 3. The average Bonchev–Trinajstić information content (AvgIpc) is 2.47. The van der Waals surface area contributed by atoms with Crippen LogP contribution in [0.4, 0.5) is 0 Å². The van der Waals surface area contributed by atoms with Crippen molar-refractivity contribution in [3.8, 4) is 0 Å². The van der Waals surface area contributed by atoms with Crippen LogP contribution in [-0.4, -0.2) is 27.5 Å². The Bertz CT molecular complexity index is 344. The SMILES string of the molecule is C=CCOCc1nn(C)cc1C(=O)O. The molecule has 0 aliphatic carbocycles. The molecule has 0 saturated carbocycles. The molecule has 0 radical (unpaired) electrons. The Hall–Kier alpha value is -1.62. The fourth-order valence-electron chi connectivity index (χ4n) is 1.06. The molecule has 0 spiro atoms. The number of carbonyl (C=O) groups is 1. The van der Waals surface area contributed by atoms with Crippen LogP contribution in [0, 0.1) is 0 Å². The standard InChI is InChI=1S/C9H12N2O3/c1-3-4-14-6-8-7(9(12)13)5-11(2)10-8/h3,5H,1,4,6H2,2H3,(H,12,13). The Morgan fingerprint density at radius 1 is 1.86 bits per heavy atom. The van der Waals surface area contributed by atoms with Crippen molar-refractivity contribution < 1.29 is 14.6 Å². The maximum Gasteiger partial charge on any atom is 0.339 e. The normalized spacial score (nSPS) is 10.1. The zero-order chi connectivity index (χ0) is 10.6. The van der Waals surface area contributed by atoms with E-state index in [9.17, 15) is 4.79 Å². The van der Waals surface area contributed by atoms with Gasteiger partial charge < -0.3 is 9.84 Å². The molecule has 1 aromatic rings. The van der Waals surface area contributed by atoms with E-state index in [2.05, 4.69) is 11.7 Å². The van der Waals surface area contributed by atoms with Crippen LogP contribution in [0.5, 0.6) is 0 Å². The van der Waals surface area contributed by atoms with Crippen molar-refractivity contribution in [3.63, 3.8) is 0 Å². The Labute approximate surface area is 81.6 Å². The summed E-state index contributed by atoms with van der Waals surface area (Å²) in [6, 6.07) is 0. The number of aromatic carboxylic acids is 1. The quantitative estimate of drug-likeness (QED) is 0.559. The summed E-state index contributed by atoms with van der Waals surface area (Å²) in [7, 11) is 1.67. The number of ether oxygens (including phenoxy) is 1. The van der Waals surface area contributed by atoms with Crippen molar-refractivity contribution in [2.24, 2.45) is 7.05 Å². The number of carboxylic acids is 1. The van der Waals surface area contributed by atoms with Gasteiger partial charge >= 0.3 is 5.97 Å². The fraction of sp³-hybridized carbons (Fsp3) is 0.333. The molecule has 0 bridgehead atoms. The third-order valence-electron chi connectivity index (χ3n) is 1.61. The van der Waals surface area contributed by atoms with E-state index in [-0.39, 0.29) is 12.2 Å². The lowest BCUT2D eigenvalue weighted by Gasteiger charge is -1.98. The van der Waals surface area contributed by atoms with Crippen LogP contribution < -0.4 is 0 Å². The monoisotopic (exact) mass is 196 g/mol. The van der Waals surface area contributed by atoms with E-state index in [0.717, 1.165) is 0 Å². The largest absolute Gasteiger partial charge is 0.478 e. The van der Waals surface area contributed by atoms with E-state index in [4.69, 9.17) is 9.84 Å². The lowest BCUT2D eigenvalue weighted by molar-refractivity contribution is 0.0690. The van der Waals surface area contributed by atoms with Crippen molar-refractivity contribution in [1.29, 1.82) is 0 Å². The zero-order valence-electron chi connectivity index (χ0n) is 7.93. The van der Waals surface area contributed by atoms with Crippen molar-refractivity contribution >= 4 is 5.97 Å². The molecule has 1 rings (SSSR count). The number of rotatable bonds is 5. The van der Waals surface area contributed by atoms with Crippen LogP contribution in [0.15, 0.2) is 18.9 Å². The van der Waals surface area contributed by atoms with Gasteiger partial charge in [-0.05, 0) is 0 Å². The third kappa shape index (κ3) is 2.43. The summed E-state index contributed by atoms with van der Waals surface area (Å²) in [6.45, 7) is 4.06. The number of aromatic nitrogens is 2. The molecule has 1 heterocycles. The molecule has 76 valence electrons. The molecule has 0 atom stereocenters. The summed E-state index contributed by atoms with van der Waals surface area (Å²) in [5.41, 5.74) is 0.610. The maximum atomic E-state index is 10.7. The van der Waals surface area contributed by atoms with E-state index >= 15 is 0 Å². The molecule has 5 heteroatoms. The van der Waals surface area contributed by atoms with Crippen LogP contribution in [-0.2, 0) is 18.4 Å². The van der Waals surface area contributed by atoms with E-state index in [1.54, 1.807) is 13.1 Å². The summed E-state index contributed by atoms with van der Waals surface area (Å²) in [4.78, 5) is 10.7. The van der Waals surface area contributed by atoms with Gasteiger partial charge in [0.05, 0.1) is 13.2 Å². The highest BCUT2D eigenvalue weighted by Gasteiger charge is 2.13. The minimum atomic E-state index is -0.990. The summed E-state index contributed by atoms with van der Waals surface area (Å²) < 4.78 is 6.57. The van der Waals surface area contributed by atoms with Crippen LogP contribution in [0.25, 0.3) is 0 Å². The molecule has 0 aliphatic heterocycles. The minimum absolute atomic E-state index is 0.177. The molecule has 0 aromatic carbocycles. The lowest BCUT2D eigenvalue weighted by atomic mass is 10.2. The molecular formula is C9H12N2O3. The Morgan fingerprint density at radius 3 is 3.14 bits per heavy atom. The second-order valence-electron chi connectivity index (χ2n) is 2.77. The van der Waals surface area contributed by atoms with Gasteiger partial charge in [-0.1, -0.05) is 6.08 Å². The van der Waals surface area contributed by atoms with Gasteiger partial charge in [0.25, 0.3) is 0 Å². The van der Waals surface area contributed by atoms with Gasteiger partial charge in [-0.2, -0.15) is 5.10 Å². The molecule has 0 fully saturated rings. The fourth-order valence-corrected chi connectivity index (χ4v) is 1.06. The zero-order valence-corrected chi connectivity index (χ0v) is 7.93. The molecule has 1 aromatic heterocycles. The topological polar surface area (TPSA) is 64.4 Å². The first-order valence-electron chi connectivity index (χ1n) is 4.09. The van der Waals surface area contributed by atoms with E-state index in [0.29, 0.717) is 12.3 Å². The first kappa shape index (κ1) is 10.5. The lowest BCUT2D eigenvalue weighted by Crippen LogP contribution is -2.02. The Balaban J connectivity index is 2.74. The third-order valence-corrected chi connectivity index (χ3v) is 1.61. The highest BCUT2D eigenvalue weighted by molar-refractivity contribution is 5.88. The van der Waals surface area contributed by atoms with Gasteiger partial charge in [-0.25, -0.2) is 4.79 Å². The predicted molar refractivity (Wildman–Crippen MR) is 50.0 cm³/mol. The van der Waals surface area contributed by atoms with Crippen LogP contribution in [0.1, 0.15) is 16.1 Å². The van der Waals surface area contributed by atoms with Gasteiger partial charge in [0, 0.05) is 13.2 Å². The predicted octanol–water partition coefficient (Wildman–Crippen LogP) is 0.821. The second-order valence-corrected chi connectivity index (χ2v) is 2.77. The number of hydrogen-bond donors (Lipinski definition) is 1. The van der Waals surface area contributed by atoms with Crippen LogP contribution in [0.2, 0.25) is 0 Å². The maximum absolute atomic E-state index is 10.7. The van der Waals surface area contributed by atoms with Crippen molar-refractivity contribution in [2.75, 3.05) is 6.61 Å². The summed E-state index contributed by atoms with van der Waals surface area (Å²) in [6.07, 6.45) is 3.05. The van der Waals surface area contributed by atoms with E-state index in [1.807, 2.05) is 0 Å². The van der Waals surface area contributed by atoms with E-state index in [1.165, 1.54) is 10.9 Å². The number of carboxylic acid groups (broad SMARTS) is 1. The first-order valence-corrected chi connectivity index (χ1v) is 4.09. The molecule has 14 heavy (non-hydrogen) atoms. The summed E-state index contributed by atoms with van der Waals surface area (Å²) in [5, 5.41) is 12.8. The Morgan fingerprint density at radius 2 is 2.57 bits per heavy atom. The molecule has 1 N–H and O–H groups in total. The molecule has 0 saturated heterocycles. The van der Waals surface area contributed by atoms with Crippen molar-refractivity contribution in [3.05, 3.63) is 30.1 Å². The van der Waals surface area contributed by atoms with Crippen molar-refractivity contribution in [1.82, 2.24) is 9.78 Å². The van der Waals surface area contributed by atoms with E-state index < -0.39 is 5.97 Å². The molecule has 0 unspecified atom stereocenters. The molecular weight excluding hydrogens is 184 g/mol. The average molecular weight is 196 g/mol.